The van der Waals surface area contributed by atoms with Crippen molar-refractivity contribution in [1.82, 2.24) is 9.88 Å². The van der Waals surface area contributed by atoms with Crippen LogP contribution in [0.3, 0.4) is 0 Å². The van der Waals surface area contributed by atoms with Crippen LogP contribution in [-0.2, 0) is 4.74 Å². The minimum atomic E-state index is -0.149. The molecule has 0 spiro atoms. The van der Waals surface area contributed by atoms with E-state index in [2.05, 4.69) is 91.0 Å². The molecule has 1 saturated heterocycles. The number of rotatable bonds is 6. The molecular formula is C27H28N2OS2. The fourth-order valence-electron chi connectivity index (χ4n) is 4.28. The second-order valence-electron chi connectivity index (χ2n) is 8.40. The summed E-state index contributed by atoms with van der Waals surface area (Å²) in [4.78, 5) is 8.64. The largest absolute Gasteiger partial charge is 0.363 e. The molecule has 1 aliphatic heterocycles. The van der Waals surface area contributed by atoms with Crippen molar-refractivity contribution in [3.8, 4) is 11.1 Å². The van der Waals surface area contributed by atoms with Crippen molar-refractivity contribution in [3.05, 3.63) is 83.4 Å². The minimum absolute atomic E-state index is 0.149. The summed E-state index contributed by atoms with van der Waals surface area (Å²) in [5.74, 6) is 0. The van der Waals surface area contributed by atoms with Crippen LogP contribution in [0.15, 0.2) is 77.7 Å². The van der Waals surface area contributed by atoms with Crippen LogP contribution >= 0.6 is 23.1 Å². The van der Waals surface area contributed by atoms with E-state index in [1.54, 1.807) is 23.1 Å². The van der Waals surface area contributed by atoms with Crippen LogP contribution in [-0.4, -0.2) is 42.4 Å². The zero-order valence-corrected chi connectivity index (χ0v) is 20.2. The molecule has 3 aromatic carbocycles. The predicted octanol–water partition coefficient (Wildman–Crippen LogP) is 6.89. The number of hydrogen-bond acceptors (Lipinski definition) is 5. The third-order valence-corrected chi connectivity index (χ3v) is 7.93. The van der Waals surface area contributed by atoms with E-state index in [0.29, 0.717) is 0 Å². The van der Waals surface area contributed by atoms with Gasteiger partial charge in [-0.3, -0.25) is 0 Å². The van der Waals surface area contributed by atoms with Gasteiger partial charge in [-0.05, 0) is 73.2 Å². The Kier molecular flexibility index (Phi) is 6.60. The Balaban J connectivity index is 1.52. The van der Waals surface area contributed by atoms with E-state index in [0.717, 1.165) is 36.5 Å². The van der Waals surface area contributed by atoms with Gasteiger partial charge < -0.3 is 9.64 Å². The maximum atomic E-state index is 6.79. The number of aromatic nitrogens is 1. The number of benzene rings is 3. The number of piperidine rings is 1. The quantitative estimate of drug-likeness (QED) is 0.293. The van der Waals surface area contributed by atoms with Gasteiger partial charge in [-0.15, -0.1) is 23.1 Å². The molecule has 5 heteroatoms. The Morgan fingerprint density at radius 3 is 2.50 bits per heavy atom. The number of para-hydroxylation sites is 1. The first-order chi connectivity index (χ1) is 15.7. The highest BCUT2D eigenvalue weighted by molar-refractivity contribution is 7.98. The summed E-state index contributed by atoms with van der Waals surface area (Å²) >= 11 is 3.52. The van der Waals surface area contributed by atoms with Crippen molar-refractivity contribution in [2.24, 2.45) is 0 Å². The maximum absolute atomic E-state index is 6.79. The SMILES string of the molecule is CSc1cccc(-c2cccc(C(OC3CCN(C)CC3)c3nc4ccccc4s3)c2)c1. The van der Waals surface area contributed by atoms with Crippen molar-refractivity contribution < 1.29 is 4.74 Å². The highest BCUT2D eigenvalue weighted by Gasteiger charge is 2.26. The monoisotopic (exact) mass is 460 g/mol. The zero-order chi connectivity index (χ0) is 21.9. The molecule has 4 aromatic rings. The molecule has 1 fully saturated rings. The van der Waals surface area contributed by atoms with Gasteiger partial charge in [-0.25, -0.2) is 4.98 Å². The lowest BCUT2D eigenvalue weighted by Crippen LogP contribution is -2.35. The van der Waals surface area contributed by atoms with E-state index in [1.807, 2.05) is 0 Å². The zero-order valence-electron chi connectivity index (χ0n) is 18.5. The van der Waals surface area contributed by atoms with Crippen molar-refractivity contribution in [2.75, 3.05) is 26.4 Å². The molecule has 0 amide bonds. The topological polar surface area (TPSA) is 25.4 Å². The van der Waals surface area contributed by atoms with Crippen LogP contribution in [0.4, 0.5) is 0 Å². The molecule has 1 unspecified atom stereocenters. The smallest absolute Gasteiger partial charge is 0.134 e. The van der Waals surface area contributed by atoms with Crippen LogP contribution in [0.2, 0.25) is 0 Å². The molecule has 1 atom stereocenters. The molecular weight excluding hydrogens is 432 g/mol. The molecule has 0 N–H and O–H groups in total. The first kappa shape index (κ1) is 21.7. The molecule has 0 saturated carbocycles. The molecule has 2 heterocycles. The van der Waals surface area contributed by atoms with Crippen molar-refractivity contribution in [3.63, 3.8) is 0 Å². The third kappa shape index (κ3) is 4.76. The summed E-state index contributed by atoms with van der Waals surface area (Å²) in [6.45, 7) is 2.16. The Morgan fingerprint density at radius 2 is 1.72 bits per heavy atom. The average Bonchev–Trinajstić information content (AvgIpc) is 3.28. The van der Waals surface area contributed by atoms with Crippen LogP contribution in [0.5, 0.6) is 0 Å². The number of thioether (sulfide) groups is 1. The first-order valence-electron chi connectivity index (χ1n) is 11.1. The standard InChI is InChI=1S/C27H28N2OS2/c1-29-15-13-22(14-16-29)30-26(27-28-24-11-3-4-12-25(24)32-27)21-9-5-7-19(17-21)20-8-6-10-23(18-20)31-2/h3-12,17-18,22,26H,13-16H2,1-2H3. The van der Waals surface area contributed by atoms with E-state index in [-0.39, 0.29) is 12.2 Å². The highest BCUT2D eigenvalue weighted by atomic mass is 32.2. The van der Waals surface area contributed by atoms with Gasteiger partial charge in [0.05, 0.1) is 16.3 Å². The Morgan fingerprint density at radius 1 is 0.969 bits per heavy atom. The Bertz CT molecular complexity index is 1160. The molecule has 0 radical (unpaired) electrons. The molecule has 0 aliphatic carbocycles. The number of nitrogens with zero attached hydrogens (tertiary/aromatic N) is 2. The second kappa shape index (κ2) is 9.75. The van der Waals surface area contributed by atoms with Gasteiger partial charge in [-0.2, -0.15) is 0 Å². The van der Waals surface area contributed by atoms with E-state index in [4.69, 9.17) is 9.72 Å². The fourth-order valence-corrected chi connectivity index (χ4v) is 5.77. The fraction of sp³-hybridized carbons (Fsp3) is 0.296. The molecule has 0 bridgehead atoms. The van der Waals surface area contributed by atoms with Crippen LogP contribution < -0.4 is 0 Å². The molecule has 5 rings (SSSR count). The Labute approximate surface area is 198 Å². The van der Waals surface area contributed by atoms with E-state index in [1.165, 1.54) is 26.3 Å². The number of thiazole rings is 1. The van der Waals surface area contributed by atoms with Gasteiger partial charge in [0.1, 0.15) is 11.1 Å². The van der Waals surface area contributed by atoms with E-state index >= 15 is 0 Å². The second-order valence-corrected chi connectivity index (χ2v) is 10.3. The maximum Gasteiger partial charge on any atom is 0.134 e. The van der Waals surface area contributed by atoms with Gasteiger partial charge in [0.2, 0.25) is 0 Å². The molecule has 164 valence electrons. The molecule has 1 aliphatic rings. The summed E-state index contributed by atoms with van der Waals surface area (Å²) in [7, 11) is 2.19. The highest BCUT2D eigenvalue weighted by Crippen LogP contribution is 2.36. The first-order valence-corrected chi connectivity index (χ1v) is 13.2. The third-order valence-electron chi connectivity index (χ3n) is 6.12. The minimum Gasteiger partial charge on any atom is -0.363 e. The number of fused-ring (bicyclic) bond motifs is 1. The summed E-state index contributed by atoms with van der Waals surface area (Å²) in [6, 6.07) is 25.9. The number of ether oxygens (including phenoxy) is 1. The van der Waals surface area contributed by atoms with Crippen LogP contribution in [0, 0.1) is 0 Å². The van der Waals surface area contributed by atoms with Crippen molar-refractivity contribution in [1.29, 1.82) is 0 Å². The van der Waals surface area contributed by atoms with Crippen molar-refractivity contribution >= 4 is 33.3 Å². The molecule has 1 aromatic heterocycles. The number of hydrogen-bond donors (Lipinski definition) is 0. The van der Waals surface area contributed by atoms with Gasteiger partial charge in [0.25, 0.3) is 0 Å². The van der Waals surface area contributed by atoms with E-state index in [9.17, 15) is 0 Å². The summed E-state index contributed by atoms with van der Waals surface area (Å²) in [5.41, 5.74) is 4.68. The lowest BCUT2D eigenvalue weighted by Gasteiger charge is -2.31. The van der Waals surface area contributed by atoms with Crippen molar-refractivity contribution in [2.45, 2.75) is 29.9 Å². The molecule has 3 nitrogen and oxygen atoms in total. The van der Waals surface area contributed by atoms with Crippen LogP contribution in [0.1, 0.15) is 29.5 Å². The van der Waals surface area contributed by atoms with Gasteiger partial charge in [0.15, 0.2) is 0 Å². The van der Waals surface area contributed by atoms with Gasteiger partial charge in [0, 0.05) is 18.0 Å². The van der Waals surface area contributed by atoms with E-state index < -0.39 is 0 Å². The molecule has 32 heavy (non-hydrogen) atoms. The summed E-state index contributed by atoms with van der Waals surface area (Å²) < 4.78 is 8.01. The van der Waals surface area contributed by atoms with Gasteiger partial charge in [-0.1, -0.05) is 42.5 Å². The summed E-state index contributed by atoms with van der Waals surface area (Å²) in [6.07, 6.45) is 4.35. The van der Waals surface area contributed by atoms with Crippen LogP contribution in [0.25, 0.3) is 21.3 Å². The number of likely N-dealkylation sites (tertiary alicyclic amines) is 1. The average molecular weight is 461 g/mol. The lowest BCUT2D eigenvalue weighted by atomic mass is 10.00. The Hall–Kier alpha value is -2.18. The normalized spacial score (nSPS) is 16.4. The predicted molar refractivity (Wildman–Crippen MR) is 137 cm³/mol. The summed E-state index contributed by atoms with van der Waals surface area (Å²) in [5, 5.41) is 1.04. The van der Waals surface area contributed by atoms with Gasteiger partial charge >= 0.3 is 0 Å². The lowest BCUT2D eigenvalue weighted by molar-refractivity contribution is -0.0234.